The predicted molar refractivity (Wildman–Crippen MR) is 135 cm³/mol. The van der Waals surface area contributed by atoms with Gasteiger partial charge in [-0.15, -0.1) is 24.0 Å². The summed E-state index contributed by atoms with van der Waals surface area (Å²) in [6, 6.07) is 18.1. The van der Waals surface area contributed by atoms with Crippen LogP contribution in [0.3, 0.4) is 0 Å². The molecule has 162 valence electrons. The SMILES string of the molecule is CCNC(=NCc1cccc(NC(=O)Cn2cccn2)c1)N1CCc2ccccc21.I. The first-order valence-corrected chi connectivity index (χ1v) is 10.2. The number of carbonyl (C=O) groups is 1. The van der Waals surface area contributed by atoms with E-state index in [9.17, 15) is 4.79 Å². The van der Waals surface area contributed by atoms with Gasteiger partial charge in [-0.3, -0.25) is 9.48 Å². The molecule has 1 amide bonds. The van der Waals surface area contributed by atoms with Gasteiger partial charge < -0.3 is 15.5 Å². The van der Waals surface area contributed by atoms with Crippen molar-refractivity contribution in [1.82, 2.24) is 15.1 Å². The van der Waals surface area contributed by atoms with Crippen molar-refractivity contribution >= 4 is 47.2 Å². The zero-order valence-electron chi connectivity index (χ0n) is 17.5. The smallest absolute Gasteiger partial charge is 0.246 e. The first-order chi connectivity index (χ1) is 14.7. The minimum Gasteiger partial charge on any atom is -0.356 e. The Balaban J connectivity index is 0.00000272. The highest BCUT2D eigenvalue weighted by Crippen LogP contribution is 2.27. The molecule has 0 radical (unpaired) electrons. The number of hydrogen-bond donors (Lipinski definition) is 2. The minimum absolute atomic E-state index is 0. The van der Waals surface area contributed by atoms with E-state index in [2.05, 4.69) is 51.8 Å². The molecule has 1 aromatic heterocycles. The Morgan fingerprint density at radius 1 is 1.16 bits per heavy atom. The molecule has 1 aliphatic heterocycles. The molecule has 2 aromatic carbocycles. The molecule has 0 saturated carbocycles. The number of nitrogens with one attached hydrogen (secondary N) is 2. The molecule has 0 fully saturated rings. The predicted octanol–water partition coefficient (Wildman–Crippen LogP) is 3.67. The molecular formula is C23H27IN6O. The standard InChI is InChI=1S/C23H26N6O.HI/c1-2-24-23(29-14-11-19-8-3-4-10-21(19)29)25-16-18-7-5-9-20(15-18)27-22(30)17-28-13-6-12-26-28;/h3-10,12-13,15H,2,11,14,16-17H2,1H3,(H,24,25)(H,27,30);1H. The fraction of sp³-hybridized carbons (Fsp3) is 0.261. The Labute approximate surface area is 199 Å². The van der Waals surface area contributed by atoms with Crippen LogP contribution in [0.15, 0.2) is 72.0 Å². The van der Waals surface area contributed by atoms with Crippen LogP contribution in [0, 0.1) is 0 Å². The largest absolute Gasteiger partial charge is 0.356 e. The summed E-state index contributed by atoms with van der Waals surface area (Å²) in [5, 5.41) is 10.4. The molecule has 31 heavy (non-hydrogen) atoms. The van der Waals surface area contributed by atoms with E-state index in [0.717, 1.165) is 36.7 Å². The zero-order valence-corrected chi connectivity index (χ0v) is 19.8. The molecule has 2 N–H and O–H groups in total. The van der Waals surface area contributed by atoms with E-state index in [-0.39, 0.29) is 36.4 Å². The Morgan fingerprint density at radius 3 is 2.84 bits per heavy atom. The summed E-state index contributed by atoms with van der Waals surface area (Å²) < 4.78 is 1.60. The number of rotatable bonds is 6. The first kappa shape index (κ1) is 22.8. The zero-order chi connectivity index (χ0) is 20.8. The van der Waals surface area contributed by atoms with E-state index in [1.165, 1.54) is 11.3 Å². The van der Waals surface area contributed by atoms with Gasteiger partial charge in [0, 0.05) is 36.9 Å². The number of hydrogen-bond acceptors (Lipinski definition) is 3. The minimum atomic E-state index is -0.110. The van der Waals surface area contributed by atoms with E-state index >= 15 is 0 Å². The Hall–Kier alpha value is -2.88. The Morgan fingerprint density at radius 2 is 2.03 bits per heavy atom. The third-order valence-corrected chi connectivity index (χ3v) is 4.96. The average molecular weight is 530 g/mol. The molecule has 4 rings (SSSR count). The quantitative estimate of drug-likeness (QED) is 0.290. The summed E-state index contributed by atoms with van der Waals surface area (Å²) in [5.41, 5.74) is 4.37. The van der Waals surface area contributed by atoms with Gasteiger partial charge in [0.25, 0.3) is 0 Å². The van der Waals surface area contributed by atoms with Crippen LogP contribution < -0.4 is 15.5 Å². The number of halogens is 1. The molecule has 7 nitrogen and oxygen atoms in total. The number of anilines is 2. The van der Waals surface area contributed by atoms with E-state index in [1.807, 2.05) is 24.3 Å². The number of aromatic nitrogens is 2. The number of nitrogens with zero attached hydrogens (tertiary/aromatic N) is 4. The van der Waals surface area contributed by atoms with E-state index in [1.54, 1.807) is 23.1 Å². The number of fused-ring (bicyclic) bond motifs is 1. The van der Waals surface area contributed by atoms with Gasteiger partial charge in [-0.05, 0) is 48.7 Å². The number of guanidine groups is 1. The third-order valence-electron chi connectivity index (χ3n) is 4.96. The Bertz CT molecular complexity index is 1030. The van der Waals surface area contributed by atoms with Crippen molar-refractivity contribution in [3.63, 3.8) is 0 Å². The molecule has 0 bridgehead atoms. The lowest BCUT2D eigenvalue weighted by Gasteiger charge is -2.22. The number of carbonyl (C=O) groups excluding carboxylic acids is 1. The summed E-state index contributed by atoms with van der Waals surface area (Å²) in [4.78, 5) is 19.3. The molecule has 8 heteroatoms. The second-order valence-electron chi connectivity index (χ2n) is 7.15. The van der Waals surface area contributed by atoms with Gasteiger partial charge in [0.1, 0.15) is 6.54 Å². The fourth-order valence-electron chi connectivity index (χ4n) is 3.61. The van der Waals surface area contributed by atoms with Crippen LogP contribution in [-0.4, -0.2) is 34.7 Å². The van der Waals surface area contributed by atoms with Crippen LogP contribution in [0.4, 0.5) is 11.4 Å². The van der Waals surface area contributed by atoms with Crippen LogP contribution in [0.25, 0.3) is 0 Å². The van der Waals surface area contributed by atoms with E-state index in [4.69, 9.17) is 4.99 Å². The molecule has 0 atom stereocenters. The molecule has 0 saturated heterocycles. The molecular weight excluding hydrogens is 503 g/mol. The normalized spacial score (nSPS) is 12.8. The number of aliphatic imine (C=N–C) groups is 1. The van der Waals surface area contributed by atoms with Crippen LogP contribution in [0.2, 0.25) is 0 Å². The van der Waals surface area contributed by atoms with Crippen molar-refractivity contribution in [2.24, 2.45) is 4.99 Å². The topological polar surface area (TPSA) is 74.5 Å². The molecule has 2 heterocycles. The maximum atomic E-state index is 12.2. The first-order valence-electron chi connectivity index (χ1n) is 10.2. The maximum Gasteiger partial charge on any atom is 0.246 e. The molecule has 3 aromatic rings. The molecule has 1 aliphatic rings. The van der Waals surface area contributed by atoms with Crippen molar-refractivity contribution < 1.29 is 4.79 Å². The average Bonchev–Trinajstić information content (AvgIpc) is 3.41. The summed E-state index contributed by atoms with van der Waals surface area (Å²) in [6.45, 7) is 4.53. The summed E-state index contributed by atoms with van der Waals surface area (Å²) in [6.07, 6.45) is 4.45. The number of para-hydroxylation sites is 1. The van der Waals surface area contributed by atoms with E-state index < -0.39 is 0 Å². The second kappa shape index (κ2) is 10.9. The molecule has 0 spiro atoms. The van der Waals surface area contributed by atoms with Gasteiger partial charge in [-0.1, -0.05) is 30.3 Å². The van der Waals surface area contributed by atoms with Crippen molar-refractivity contribution in [3.8, 4) is 0 Å². The van der Waals surface area contributed by atoms with Crippen molar-refractivity contribution in [1.29, 1.82) is 0 Å². The van der Waals surface area contributed by atoms with Gasteiger partial charge in [-0.25, -0.2) is 4.99 Å². The number of benzene rings is 2. The summed E-state index contributed by atoms with van der Waals surface area (Å²) in [5.74, 6) is 0.775. The molecule has 0 aliphatic carbocycles. The van der Waals surface area contributed by atoms with Gasteiger partial charge in [0.2, 0.25) is 5.91 Å². The lowest BCUT2D eigenvalue weighted by molar-refractivity contribution is -0.116. The number of amides is 1. The molecule has 0 unspecified atom stereocenters. The maximum absolute atomic E-state index is 12.2. The van der Waals surface area contributed by atoms with Crippen LogP contribution >= 0.6 is 24.0 Å². The second-order valence-corrected chi connectivity index (χ2v) is 7.15. The van der Waals surface area contributed by atoms with Gasteiger partial charge in [0.15, 0.2) is 5.96 Å². The summed E-state index contributed by atoms with van der Waals surface area (Å²) >= 11 is 0. The third kappa shape index (κ3) is 5.84. The van der Waals surface area contributed by atoms with Crippen molar-refractivity contribution in [2.75, 3.05) is 23.3 Å². The van der Waals surface area contributed by atoms with Crippen LogP contribution in [0.5, 0.6) is 0 Å². The lowest BCUT2D eigenvalue weighted by Crippen LogP contribution is -2.40. The van der Waals surface area contributed by atoms with Gasteiger partial charge in [0.05, 0.1) is 6.54 Å². The lowest BCUT2D eigenvalue weighted by atomic mass is 10.2. The fourth-order valence-corrected chi connectivity index (χ4v) is 3.61. The van der Waals surface area contributed by atoms with Crippen LogP contribution in [-0.2, 0) is 24.3 Å². The monoisotopic (exact) mass is 530 g/mol. The highest BCUT2D eigenvalue weighted by atomic mass is 127. The Kier molecular flexibility index (Phi) is 8.05. The van der Waals surface area contributed by atoms with E-state index in [0.29, 0.717) is 6.54 Å². The van der Waals surface area contributed by atoms with Gasteiger partial charge in [-0.2, -0.15) is 5.10 Å². The summed E-state index contributed by atoms with van der Waals surface area (Å²) in [7, 11) is 0. The van der Waals surface area contributed by atoms with Crippen molar-refractivity contribution in [2.45, 2.75) is 26.4 Å². The highest BCUT2D eigenvalue weighted by Gasteiger charge is 2.22. The van der Waals surface area contributed by atoms with Crippen molar-refractivity contribution in [3.05, 3.63) is 78.1 Å². The highest BCUT2D eigenvalue weighted by molar-refractivity contribution is 14.0. The van der Waals surface area contributed by atoms with Gasteiger partial charge >= 0.3 is 0 Å². The van der Waals surface area contributed by atoms with Crippen LogP contribution in [0.1, 0.15) is 18.1 Å².